The average molecular weight is 311 g/mol. The molecule has 9 heteroatoms. The molecule has 0 aromatic heterocycles. The van der Waals surface area contributed by atoms with Crippen LogP contribution >= 0.6 is 23.2 Å². The van der Waals surface area contributed by atoms with E-state index in [9.17, 15) is 0 Å². The summed E-state index contributed by atoms with van der Waals surface area (Å²) in [5.74, 6) is 0.719. The van der Waals surface area contributed by atoms with Gasteiger partial charge in [0.15, 0.2) is 0 Å². The fraction of sp³-hybridized carbons (Fsp3) is 0.250. The Balaban J connectivity index is 0.000000437. The summed E-state index contributed by atoms with van der Waals surface area (Å²) in [6.45, 7) is 0.744. The van der Waals surface area contributed by atoms with Crippen molar-refractivity contribution in [3.8, 4) is 5.75 Å². The first-order valence-corrected chi connectivity index (χ1v) is 8.08. The first-order chi connectivity index (χ1) is 7.74. The molecule has 0 saturated heterocycles. The van der Waals surface area contributed by atoms with Gasteiger partial charge in [0.05, 0.1) is 0 Å². The van der Waals surface area contributed by atoms with Crippen molar-refractivity contribution in [3.05, 3.63) is 28.2 Å². The number of rotatable bonds is 3. The van der Waals surface area contributed by atoms with E-state index in [0.29, 0.717) is 10.0 Å². The van der Waals surface area contributed by atoms with Crippen LogP contribution < -0.4 is 4.74 Å². The minimum atomic E-state index is -4.67. The van der Waals surface area contributed by atoms with Crippen LogP contribution in [0.3, 0.4) is 0 Å². The summed E-state index contributed by atoms with van der Waals surface area (Å²) in [6, 6.07) is 5.25. The first-order valence-electron chi connectivity index (χ1n) is 4.51. The molecule has 0 aliphatic carbocycles. The molecule has 2 N–H and O–H groups in total. The Hall–Kier alpha value is 0.470. The van der Waals surface area contributed by atoms with Gasteiger partial charge in [-0.2, -0.15) is 8.42 Å². The van der Waals surface area contributed by atoms with Crippen LogP contribution in [-0.2, 0) is 10.4 Å². The van der Waals surface area contributed by atoms with E-state index in [1.165, 1.54) is 0 Å². The molecule has 5 nitrogen and oxygen atoms in total. The summed E-state index contributed by atoms with van der Waals surface area (Å²) < 4.78 is 38.1. The van der Waals surface area contributed by atoms with Crippen molar-refractivity contribution >= 4 is 61.5 Å². The Morgan fingerprint density at radius 3 is 2.24 bits per heavy atom. The van der Waals surface area contributed by atoms with Crippen LogP contribution in [0.2, 0.25) is 13.7 Å². The number of hydrogen-bond donors (Lipinski definition) is 2. The van der Waals surface area contributed by atoms with Crippen LogP contribution in [0.5, 0.6) is 5.75 Å². The monoisotopic (exact) mass is 310 g/mol. The molecular formula is C8H9Cl2NaO5S. The van der Waals surface area contributed by atoms with Crippen molar-refractivity contribution in [1.82, 2.24) is 0 Å². The third-order valence-electron chi connectivity index (χ3n) is 1.36. The predicted octanol–water partition coefficient (Wildman–Crippen LogP) is 2.31. The quantitative estimate of drug-likeness (QED) is 0.661. The number of ether oxygens (including phenoxy) is 1. The third kappa shape index (κ3) is 11.3. The summed E-state index contributed by atoms with van der Waals surface area (Å²) in [4.78, 5) is 0. The summed E-state index contributed by atoms with van der Waals surface area (Å²) in [5, 5.41) is 1.22. The molecule has 0 spiro atoms. The van der Waals surface area contributed by atoms with Gasteiger partial charge in [-0.3, -0.25) is 9.11 Å². The number of halogens is 2. The standard InChI is InChI=1S/C8H7Cl2O.Na.H2O4S/c1-2-11-8-4-3-6(9)5-7(8)10;;1-5(2,3)4/h3-5H,1-2H2;;(H2,1,2,3,4). The second kappa shape index (κ2) is 8.55. The van der Waals surface area contributed by atoms with Crippen LogP contribution in [0.25, 0.3) is 0 Å². The molecule has 0 heterocycles. The fourth-order valence-corrected chi connectivity index (χ4v) is 1.47. The van der Waals surface area contributed by atoms with Crippen LogP contribution in [0.4, 0.5) is 0 Å². The second-order valence-corrected chi connectivity index (χ2v) is 5.61. The molecule has 0 amide bonds. The maximum atomic E-state index is 8.74. The first kappa shape index (κ1) is 17.5. The Morgan fingerprint density at radius 1 is 1.29 bits per heavy atom. The van der Waals surface area contributed by atoms with Gasteiger partial charge in [-0.25, -0.2) is 0 Å². The van der Waals surface area contributed by atoms with Gasteiger partial charge in [-0.15, -0.1) is 0 Å². The zero-order valence-electron chi connectivity index (χ0n) is 8.93. The van der Waals surface area contributed by atoms with Gasteiger partial charge in [0, 0.05) is 0 Å². The van der Waals surface area contributed by atoms with Crippen molar-refractivity contribution in [2.45, 2.75) is 3.67 Å². The van der Waals surface area contributed by atoms with Gasteiger partial charge in [0.25, 0.3) is 0 Å². The van der Waals surface area contributed by atoms with E-state index in [1.54, 1.807) is 18.2 Å². The van der Waals surface area contributed by atoms with Crippen molar-refractivity contribution < 1.29 is 22.3 Å². The minimum absolute atomic E-state index is 0.581. The summed E-state index contributed by atoms with van der Waals surface area (Å²) in [5.41, 5.74) is 0. The van der Waals surface area contributed by atoms with E-state index in [1.807, 2.05) is 0 Å². The van der Waals surface area contributed by atoms with E-state index in [2.05, 4.69) is 0 Å². The van der Waals surface area contributed by atoms with Crippen LogP contribution in [0.1, 0.15) is 0 Å². The van der Waals surface area contributed by atoms with Crippen molar-refractivity contribution in [2.24, 2.45) is 0 Å². The molecule has 0 fully saturated rings. The van der Waals surface area contributed by atoms with E-state index < -0.39 is 10.4 Å². The summed E-state index contributed by atoms with van der Waals surface area (Å²) in [6.07, 6.45) is 0. The van der Waals surface area contributed by atoms with E-state index in [4.69, 9.17) is 45.5 Å². The van der Waals surface area contributed by atoms with E-state index >= 15 is 0 Å². The average Bonchev–Trinajstić information content (AvgIpc) is 2.14. The Labute approximate surface area is 127 Å². The molecule has 1 aromatic rings. The molecule has 0 aliphatic heterocycles. The Kier molecular flexibility index (Phi) is 8.79. The molecule has 92 valence electrons. The molecule has 0 bridgehead atoms. The molecule has 0 radical (unpaired) electrons. The second-order valence-electron chi connectivity index (χ2n) is 2.87. The molecule has 0 unspecified atom stereocenters. The normalized spacial score (nSPS) is 10.5. The molecular weight excluding hydrogens is 302 g/mol. The third-order valence-corrected chi connectivity index (χ3v) is 2.29. The summed E-state index contributed by atoms with van der Waals surface area (Å²) >= 11 is 12.7. The molecule has 0 atom stereocenters. The van der Waals surface area contributed by atoms with Crippen LogP contribution in [0, 0.1) is 0 Å². The van der Waals surface area contributed by atoms with Gasteiger partial charge in [0.1, 0.15) is 0 Å². The molecule has 1 aromatic carbocycles. The van der Waals surface area contributed by atoms with Crippen molar-refractivity contribution in [2.75, 3.05) is 6.61 Å². The van der Waals surface area contributed by atoms with Crippen LogP contribution in [0.15, 0.2) is 18.2 Å². The predicted molar refractivity (Wildman–Crippen MR) is 66.7 cm³/mol. The maximum absolute atomic E-state index is 8.74. The van der Waals surface area contributed by atoms with Crippen molar-refractivity contribution in [3.63, 3.8) is 0 Å². The van der Waals surface area contributed by atoms with Crippen LogP contribution in [-0.4, -0.2) is 52.1 Å². The molecule has 1 rings (SSSR count). The van der Waals surface area contributed by atoms with Gasteiger partial charge in [-0.1, -0.05) is 0 Å². The molecule has 0 aliphatic rings. The van der Waals surface area contributed by atoms with Gasteiger partial charge >= 0.3 is 111 Å². The van der Waals surface area contributed by atoms with Gasteiger partial charge in [-0.05, 0) is 0 Å². The Morgan fingerprint density at radius 2 is 1.82 bits per heavy atom. The molecule has 0 saturated carbocycles. The van der Waals surface area contributed by atoms with Crippen molar-refractivity contribution in [1.29, 1.82) is 0 Å². The molecule has 17 heavy (non-hydrogen) atoms. The van der Waals surface area contributed by atoms with Gasteiger partial charge < -0.3 is 0 Å². The summed E-state index contributed by atoms with van der Waals surface area (Å²) in [7, 11) is -4.67. The SMILES string of the molecule is O=S(=O)(O)O.[Na][CH2]COc1ccc(Cl)cc1Cl. The number of benzene rings is 1. The van der Waals surface area contributed by atoms with E-state index in [0.717, 1.165) is 44.0 Å². The Bertz CT molecular complexity index is 443. The zero-order valence-corrected chi connectivity index (χ0v) is 13.3. The van der Waals surface area contributed by atoms with E-state index in [-0.39, 0.29) is 0 Å². The fourth-order valence-electron chi connectivity index (χ4n) is 0.804. The zero-order chi connectivity index (χ0) is 13.5. The number of hydrogen-bond acceptors (Lipinski definition) is 3. The topological polar surface area (TPSA) is 83.8 Å². The van der Waals surface area contributed by atoms with Gasteiger partial charge in [0.2, 0.25) is 0 Å².